The molecule has 0 radical (unpaired) electrons. The summed E-state index contributed by atoms with van der Waals surface area (Å²) >= 11 is 0. The highest BCUT2D eigenvalue weighted by Gasteiger charge is 2.23. The second-order valence-corrected chi connectivity index (χ2v) is 5.20. The van der Waals surface area contributed by atoms with E-state index < -0.39 is 11.6 Å². The minimum absolute atomic E-state index is 0. The molecule has 1 unspecified atom stereocenters. The summed E-state index contributed by atoms with van der Waals surface area (Å²) in [6, 6.07) is 3.18. The van der Waals surface area contributed by atoms with Crippen LogP contribution in [0.4, 0.5) is 8.78 Å². The molecule has 0 spiro atoms. The molecule has 7 heteroatoms. The van der Waals surface area contributed by atoms with Gasteiger partial charge < -0.3 is 10.2 Å². The first-order chi connectivity index (χ1) is 9.99. The van der Waals surface area contributed by atoms with E-state index in [2.05, 4.69) is 5.32 Å². The summed E-state index contributed by atoms with van der Waals surface area (Å²) < 4.78 is 25.9. The van der Waals surface area contributed by atoms with Gasteiger partial charge in [0.05, 0.1) is 0 Å². The number of amides is 1. The third-order valence-electron chi connectivity index (χ3n) is 3.78. The summed E-state index contributed by atoms with van der Waals surface area (Å²) in [6.45, 7) is 1.65. The third kappa shape index (κ3) is 4.48. The molecule has 1 aromatic carbocycles. The lowest BCUT2D eigenvalue weighted by Crippen LogP contribution is -2.38. The summed E-state index contributed by atoms with van der Waals surface area (Å²) in [5, 5.41) is 3.17. The zero-order chi connectivity index (χ0) is 15.4. The lowest BCUT2D eigenvalue weighted by molar-refractivity contribution is -0.131. The number of benzene rings is 1. The number of hydrogen-bond donors (Lipinski definition) is 1. The number of nitrogens with zero attached hydrogens (tertiary/aromatic N) is 1. The first-order valence-electron chi connectivity index (χ1n) is 6.93. The Labute approximate surface area is 134 Å². The zero-order valence-electron chi connectivity index (χ0n) is 12.3. The topological polar surface area (TPSA) is 49.4 Å². The van der Waals surface area contributed by atoms with Crippen LogP contribution in [-0.4, -0.2) is 42.8 Å². The molecule has 0 bridgehead atoms. The lowest BCUT2D eigenvalue weighted by atomic mass is 10.1. The molecule has 1 aliphatic heterocycles. The highest BCUT2D eigenvalue weighted by Crippen LogP contribution is 2.13. The van der Waals surface area contributed by atoms with Gasteiger partial charge >= 0.3 is 0 Å². The van der Waals surface area contributed by atoms with E-state index in [9.17, 15) is 18.4 Å². The number of rotatable bonds is 5. The van der Waals surface area contributed by atoms with Gasteiger partial charge in [0.2, 0.25) is 5.91 Å². The van der Waals surface area contributed by atoms with Gasteiger partial charge in [-0.25, -0.2) is 8.78 Å². The maximum absolute atomic E-state index is 13.1. The standard InChI is InChI=1S/C15H18F2N2O2.ClH/c1-19(11-6-7-18-9-11)15(21)5-4-14(20)10-2-3-12(16)13(17)8-10;/h2-3,8,11,18H,4-7,9H2,1H3;1H. The molecular weight excluding hydrogens is 314 g/mol. The van der Waals surface area contributed by atoms with Gasteiger partial charge in [-0.1, -0.05) is 0 Å². The van der Waals surface area contributed by atoms with Crippen molar-refractivity contribution in [1.29, 1.82) is 0 Å². The summed E-state index contributed by atoms with van der Waals surface area (Å²) in [7, 11) is 1.72. The summed E-state index contributed by atoms with van der Waals surface area (Å²) in [4.78, 5) is 25.5. The van der Waals surface area contributed by atoms with Gasteiger partial charge in [-0.2, -0.15) is 0 Å². The molecule has 1 amide bonds. The minimum atomic E-state index is -1.05. The fourth-order valence-corrected chi connectivity index (χ4v) is 2.38. The number of nitrogens with one attached hydrogen (secondary N) is 1. The molecule has 1 heterocycles. The molecule has 2 rings (SSSR count). The largest absolute Gasteiger partial charge is 0.341 e. The first kappa shape index (κ1) is 18.5. The van der Waals surface area contributed by atoms with Gasteiger partial charge in [-0.3, -0.25) is 9.59 Å². The quantitative estimate of drug-likeness (QED) is 0.841. The highest BCUT2D eigenvalue weighted by molar-refractivity contribution is 5.97. The van der Waals surface area contributed by atoms with Crippen molar-refractivity contribution in [3.8, 4) is 0 Å². The molecular formula is C15H19ClF2N2O2. The maximum Gasteiger partial charge on any atom is 0.223 e. The van der Waals surface area contributed by atoms with Gasteiger partial charge in [-0.05, 0) is 31.2 Å². The molecule has 1 fully saturated rings. The fourth-order valence-electron chi connectivity index (χ4n) is 2.38. The van der Waals surface area contributed by atoms with Gasteiger partial charge in [-0.15, -0.1) is 12.4 Å². The van der Waals surface area contributed by atoms with Crippen molar-refractivity contribution in [3.05, 3.63) is 35.4 Å². The normalized spacial score (nSPS) is 17.0. The van der Waals surface area contributed by atoms with Crippen LogP contribution in [0.1, 0.15) is 29.6 Å². The maximum atomic E-state index is 13.1. The van der Waals surface area contributed by atoms with E-state index in [0.29, 0.717) is 0 Å². The number of likely N-dealkylation sites (N-methyl/N-ethyl adjacent to an activating group) is 1. The Morgan fingerprint density at radius 2 is 2.00 bits per heavy atom. The third-order valence-corrected chi connectivity index (χ3v) is 3.78. The average molecular weight is 333 g/mol. The van der Waals surface area contributed by atoms with Crippen LogP contribution < -0.4 is 5.32 Å². The van der Waals surface area contributed by atoms with Crippen molar-refractivity contribution in [2.24, 2.45) is 0 Å². The predicted octanol–water partition coefficient (Wildman–Crippen LogP) is 2.17. The van der Waals surface area contributed by atoms with Crippen molar-refractivity contribution in [2.75, 3.05) is 20.1 Å². The second kappa shape index (κ2) is 8.19. The van der Waals surface area contributed by atoms with E-state index in [1.54, 1.807) is 11.9 Å². The molecule has 1 aromatic rings. The summed E-state index contributed by atoms with van der Waals surface area (Å²) in [6.07, 6.45) is 0.971. The van der Waals surface area contributed by atoms with Crippen LogP contribution in [0.5, 0.6) is 0 Å². The van der Waals surface area contributed by atoms with Crippen molar-refractivity contribution < 1.29 is 18.4 Å². The van der Waals surface area contributed by atoms with E-state index in [1.807, 2.05) is 0 Å². The van der Waals surface area contributed by atoms with Gasteiger partial charge in [0.15, 0.2) is 17.4 Å². The highest BCUT2D eigenvalue weighted by atomic mass is 35.5. The van der Waals surface area contributed by atoms with Gasteiger partial charge in [0, 0.05) is 38.0 Å². The number of Topliss-reactive ketones (excluding diaryl/α,β-unsaturated/α-hetero) is 1. The fraction of sp³-hybridized carbons (Fsp3) is 0.467. The number of carbonyl (C=O) groups excluding carboxylic acids is 2. The molecule has 122 valence electrons. The Bertz CT molecular complexity index is 548. The Hall–Kier alpha value is -1.53. The number of carbonyl (C=O) groups is 2. The van der Waals surface area contributed by atoms with Gasteiger partial charge in [0.1, 0.15) is 0 Å². The van der Waals surface area contributed by atoms with Crippen molar-refractivity contribution in [1.82, 2.24) is 10.2 Å². The van der Waals surface area contributed by atoms with Crippen LogP contribution in [-0.2, 0) is 4.79 Å². The Kier molecular flexibility index (Phi) is 6.90. The zero-order valence-corrected chi connectivity index (χ0v) is 13.1. The summed E-state index contributed by atoms with van der Waals surface area (Å²) in [5.41, 5.74) is 0.0897. The van der Waals surface area contributed by atoms with Crippen molar-refractivity contribution in [2.45, 2.75) is 25.3 Å². The van der Waals surface area contributed by atoms with Crippen LogP contribution in [0.2, 0.25) is 0 Å². The predicted molar refractivity (Wildman–Crippen MR) is 81.2 cm³/mol. The first-order valence-corrected chi connectivity index (χ1v) is 6.93. The molecule has 22 heavy (non-hydrogen) atoms. The molecule has 0 aromatic heterocycles. The molecule has 4 nitrogen and oxygen atoms in total. The minimum Gasteiger partial charge on any atom is -0.341 e. The van der Waals surface area contributed by atoms with Crippen LogP contribution in [0.15, 0.2) is 18.2 Å². The number of halogens is 3. The van der Waals surface area contributed by atoms with Crippen LogP contribution in [0, 0.1) is 11.6 Å². The molecule has 1 N–H and O–H groups in total. The van der Waals surface area contributed by atoms with Crippen molar-refractivity contribution in [3.63, 3.8) is 0 Å². The Morgan fingerprint density at radius 1 is 1.27 bits per heavy atom. The molecule has 1 aliphatic rings. The van der Waals surface area contributed by atoms with E-state index in [1.165, 1.54) is 6.07 Å². The van der Waals surface area contributed by atoms with Gasteiger partial charge in [0.25, 0.3) is 0 Å². The molecule has 1 saturated heterocycles. The second-order valence-electron chi connectivity index (χ2n) is 5.20. The van der Waals surface area contributed by atoms with E-state index in [4.69, 9.17) is 0 Å². The number of hydrogen-bond acceptors (Lipinski definition) is 3. The smallest absolute Gasteiger partial charge is 0.223 e. The monoisotopic (exact) mass is 332 g/mol. The molecule has 0 saturated carbocycles. The number of ketones is 1. The molecule has 1 atom stereocenters. The van der Waals surface area contributed by atoms with Crippen LogP contribution in [0.3, 0.4) is 0 Å². The summed E-state index contributed by atoms with van der Waals surface area (Å²) in [5.74, 6) is -2.52. The Balaban J connectivity index is 0.00000242. The molecule has 0 aliphatic carbocycles. The Morgan fingerprint density at radius 3 is 2.59 bits per heavy atom. The van der Waals surface area contributed by atoms with E-state index in [-0.39, 0.29) is 48.5 Å². The van der Waals surface area contributed by atoms with Crippen LogP contribution >= 0.6 is 12.4 Å². The SMILES string of the molecule is CN(C(=O)CCC(=O)c1ccc(F)c(F)c1)C1CCNC1.Cl. The van der Waals surface area contributed by atoms with E-state index in [0.717, 1.165) is 31.6 Å². The van der Waals surface area contributed by atoms with E-state index >= 15 is 0 Å². The lowest BCUT2D eigenvalue weighted by Gasteiger charge is -2.23. The van der Waals surface area contributed by atoms with Crippen molar-refractivity contribution >= 4 is 24.1 Å². The van der Waals surface area contributed by atoms with Crippen LogP contribution in [0.25, 0.3) is 0 Å². The average Bonchev–Trinajstić information content (AvgIpc) is 3.00.